The summed E-state index contributed by atoms with van der Waals surface area (Å²) in [6.07, 6.45) is -1.66. The molecule has 2 amide bonds. The van der Waals surface area contributed by atoms with E-state index in [2.05, 4.69) is 15.2 Å². The molecule has 1 fully saturated rings. The fourth-order valence-electron chi connectivity index (χ4n) is 4.62. The van der Waals surface area contributed by atoms with Crippen LogP contribution in [-0.2, 0) is 11.3 Å². The molecule has 2 aromatic carbocycles. The van der Waals surface area contributed by atoms with Crippen LogP contribution >= 0.6 is 34.5 Å². The van der Waals surface area contributed by atoms with Crippen molar-refractivity contribution in [1.82, 2.24) is 14.8 Å². The zero-order valence-electron chi connectivity index (χ0n) is 20.8. The van der Waals surface area contributed by atoms with Gasteiger partial charge >= 0.3 is 12.2 Å². The normalized spacial score (nSPS) is 17.8. The number of piperazine rings is 1. The van der Waals surface area contributed by atoms with Crippen molar-refractivity contribution in [3.8, 4) is 16.9 Å². The third-order valence-corrected chi connectivity index (χ3v) is 7.93. The topological polar surface area (TPSA) is 104 Å². The van der Waals surface area contributed by atoms with Crippen molar-refractivity contribution < 1.29 is 28.6 Å². The summed E-state index contributed by atoms with van der Waals surface area (Å²) in [6, 6.07) is 4.47. The molecule has 0 unspecified atom stereocenters. The minimum Gasteiger partial charge on any atom is -0.490 e. The molecule has 38 heavy (non-hydrogen) atoms. The van der Waals surface area contributed by atoms with Crippen molar-refractivity contribution in [1.29, 1.82) is 0 Å². The molecule has 0 bridgehead atoms. The molecule has 2 aliphatic heterocycles. The highest BCUT2D eigenvalue weighted by Gasteiger charge is 2.34. The average molecular weight is 583 g/mol. The number of carbonyl (C=O) groups is 2. The fraction of sp³-hybridized carbons (Fsp3) is 0.400. The molecule has 0 aliphatic carbocycles. The van der Waals surface area contributed by atoms with Gasteiger partial charge in [0, 0.05) is 42.9 Å². The van der Waals surface area contributed by atoms with Crippen LogP contribution in [0.15, 0.2) is 18.2 Å². The third kappa shape index (κ3) is 5.20. The Hall–Kier alpha value is -2.86. The number of nitrogens with zero attached hydrogens (tertiary/aromatic N) is 3. The Morgan fingerprint density at radius 3 is 2.76 bits per heavy atom. The number of amides is 2. The molecule has 202 valence electrons. The number of anilines is 1. The highest BCUT2D eigenvalue weighted by atomic mass is 35.5. The summed E-state index contributed by atoms with van der Waals surface area (Å²) in [5.74, 6) is -0.0567. The van der Waals surface area contributed by atoms with Crippen molar-refractivity contribution in [3.05, 3.63) is 39.6 Å². The van der Waals surface area contributed by atoms with Gasteiger partial charge in [-0.1, -0.05) is 34.5 Å². The van der Waals surface area contributed by atoms with Gasteiger partial charge in [-0.05, 0) is 39.0 Å². The van der Waals surface area contributed by atoms with Crippen molar-refractivity contribution in [2.75, 3.05) is 31.6 Å². The van der Waals surface area contributed by atoms with Crippen LogP contribution in [0.3, 0.4) is 0 Å². The van der Waals surface area contributed by atoms with E-state index in [0.29, 0.717) is 48.1 Å². The van der Waals surface area contributed by atoms with Crippen molar-refractivity contribution in [2.45, 2.75) is 39.0 Å². The van der Waals surface area contributed by atoms with Gasteiger partial charge in [0.25, 0.3) is 0 Å². The molecule has 1 atom stereocenters. The quantitative estimate of drug-likeness (QED) is 0.364. The van der Waals surface area contributed by atoms with Gasteiger partial charge in [0.15, 0.2) is 5.13 Å². The number of aromatic nitrogens is 1. The minimum absolute atomic E-state index is 0.136. The van der Waals surface area contributed by atoms with Gasteiger partial charge in [-0.3, -0.25) is 10.2 Å². The van der Waals surface area contributed by atoms with E-state index >= 15 is 0 Å². The number of hydrogen-bond donors (Lipinski definition) is 2. The van der Waals surface area contributed by atoms with Crippen molar-refractivity contribution in [2.24, 2.45) is 0 Å². The molecule has 0 spiro atoms. The number of rotatable bonds is 2. The second-order valence-electron chi connectivity index (χ2n) is 10.1. The van der Waals surface area contributed by atoms with E-state index in [9.17, 15) is 19.1 Å². The summed E-state index contributed by atoms with van der Waals surface area (Å²) >= 11 is 14.6. The molecular formula is C25H25Cl2FN4O5S. The van der Waals surface area contributed by atoms with Gasteiger partial charge in [-0.15, -0.1) is 0 Å². The van der Waals surface area contributed by atoms with Crippen LogP contribution in [0.2, 0.25) is 10.0 Å². The van der Waals surface area contributed by atoms with Gasteiger partial charge < -0.3 is 19.5 Å². The van der Waals surface area contributed by atoms with Crippen molar-refractivity contribution >= 4 is 62.1 Å². The molecule has 3 heterocycles. The van der Waals surface area contributed by atoms with E-state index in [-0.39, 0.29) is 33.0 Å². The maximum atomic E-state index is 14.8. The maximum absolute atomic E-state index is 14.8. The molecule has 0 radical (unpaired) electrons. The smallest absolute Gasteiger partial charge is 0.413 e. The number of benzene rings is 2. The number of carboxylic acid groups (broad SMARTS) is 1. The second-order valence-corrected chi connectivity index (χ2v) is 11.9. The van der Waals surface area contributed by atoms with E-state index < -0.39 is 23.6 Å². The summed E-state index contributed by atoms with van der Waals surface area (Å²) in [5.41, 5.74) is 1.26. The number of nitrogens with one attached hydrogen (secondary N) is 1. The first kappa shape index (κ1) is 26.7. The predicted octanol–water partition coefficient (Wildman–Crippen LogP) is 6.31. The zero-order chi connectivity index (χ0) is 27.4. The van der Waals surface area contributed by atoms with E-state index in [4.69, 9.17) is 32.7 Å². The number of halogens is 3. The Morgan fingerprint density at radius 1 is 1.29 bits per heavy atom. The third-order valence-electron chi connectivity index (χ3n) is 6.29. The summed E-state index contributed by atoms with van der Waals surface area (Å²) in [6.45, 7) is 7.24. The maximum Gasteiger partial charge on any atom is 0.413 e. The molecule has 3 aromatic rings. The van der Waals surface area contributed by atoms with Gasteiger partial charge in [0.05, 0.1) is 26.3 Å². The van der Waals surface area contributed by atoms with E-state index in [1.54, 1.807) is 32.9 Å². The summed E-state index contributed by atoms with van der Waals surface area (Å²) in [5, 5.41) is 12.7. The average Bonchev–Trinajstić information content (AvgIpc) is 3.14. The highest BCUT2D eigenvalue weighted by molar-refractivity contribution is 7.22. The summed E-state index contributed by atoms with van der Waals surface area (Å²) in [4.78, 5) is 31.7. The van der Waals surface area contributed by atoms with Crippen LogP contribution in [0.1, 0.15) is 26.3 Å². The lowest BCUT2D eigenvalue weighted by Crippen LogP contribution is -2.55. The first-order valence-electron chi connectivity index (χ1n) is 11.9. The SMILES string of the molecule is CC(C)(C)OC(=O)Nc1nc2c(-c3c(Cl)cc4c(c3Cl)OC[C@@H]3CN(C(=O)O)CCN3C4)ccc(F)c2s1. The van der Waals surface area contributed by atoms with Crippen LogP contribution in [0.4, 0.5) is 19.1 Å². The number of carbonyl (C=O) groups excluding carboxylic acids is 1. The molecular weight excluding hydrogens is 558 g/mol. The van der Waals surface area contributed by atoms with Gasteiger partial charge in [-0.25, -0.2) is 19.0 Å². The molecule has 1 saturated heterocycles. The first-order chi connectivity index (χ1) is 17.9. The molecule has 2 N–H and O–H groups in total. The Balaban J connectivity index is 1.51. The van der Waals surface area contributed by atoms with Crippen LogP contribution < -0.4 is 10.1 Å². The van der Waals surface area contributed by atoms with E-state index in [1.807, 2.05) is 0 Å². The van der Waals surface area contributed by atoms with E-state index in [0.717, 1.165) is 16.9 Å². The van der Waals surface area contributed by atoms with Gasteiger partial charge in [0.1, 0.15) is 23.8 Å². The molecule has 5 rings (SSSR count). The fourth-order valence-corrected chi connectivity index (χ4v) is 6.26. The lowest BCUT2D eigenvalue weighted by molar-refractivity contribution is 0.0503. The van der Waals surface area contributed by atoms with E-state index in [1.165, 1.54) is 11.0 Å². The summed E-state index contributed by atoms with van der Waals surface area (Å²) in [7, 11) is 0. The molecule has 2 aliphatic rings. The van der Waals surface area contributed by atoms with Crippen LogP contribution in [0.25, 0.3) is 21.3 Å². The zero-order valence-corrected chi connectivity index (χ0v) is 23.1. The largest absolute Gasteiger partial charge is 0.490 e. The van der Waals surface area contributed by atoms with Gasteiger partial charge in [0.2, 0.25) is 0 Å². The standard InChI is InChI=1S/C25H25Cl2FN4O5S/c1-25(2,3)37-23(33)30-22-29-19-14(4-5-16(28)21(19)38-22)17-15(26)8-12-9-31-6-7-32(24(34)35)10-13(31)11-36-20(12)18(17)27/h4-5,8,13H,6-7,9-11H2,1-3H3,(H,34,35)(H,29,30,33)/t13-/m0/s1. The number of ether oxygens (including phenoxy) is 2. The summed E-state index contributed by atoms with van der Waals surface area (Å²) < 4.78 is 26.4. The monoisotopic (exact) mass is 582 g/mol. The first-order valence-corrected chi connectivity index (χ1v) is 13.4. The number of fused-ring (bicyclic) bond motifs is 3. The number of thiazole rings is 1. The minimum atomic E-state index is -0.959. The lowest BCUT2D eigenvalue weighted by Gasteiger charge is -2.38. The van der Waals surface area contributed by atoms with Crippen molar-refractivity contribution in [3.63, 3.8) is 0 Å². The van der Waals surface area contributed by atoms with Crippen LogP contribution in [-0.4, -0.2) is 70.0 Å². The Morgan fingerprint density at radius 2 is 2.05 bits per heavy atom. The molecule has 0 saturated carbocycles. The number of hydrogen-bond acceptors (Lipinski definition) is 7. The predicted molar refractivity (Wildman–Crippen MR) is 144 cm³/mol. The highest BCUT2D eigenvalue weighted by Crippen LogP contribution is 2.47. The van der Waals surface area contributed by atoms with Gasteiger partial charge in [-0.2, -0.15) is 0 Å². The van der Waals surface area contributed by atoms with Crippen LogP contribution in [0, 0.1) is 5.82 Å². The molecule has 9 nitrogen and oxygen atoms in total. The Kier molecular flexibility index (Phi) is 7.06. The Labute approximate surface area is 232 Å². The van der Waals surface area contributed by atoms with Crippen LogP contribution in [0.5, 0.6) is 5.75 Å². The lowest BCUT2D eigenvalue weighted by atomic mass is 10.0. The second kappa shape index (κ2) is 10.0. The Bertz CT molecular complexity index is 1440. The molecule has 1 aromatic heterocycles. The molecule has 13 heteroatoms.